The maximum absolute atomic E-state index is 11.9. The van der Waals surface area contributed by atoms with E-state index in [0.717, 1.165) is 4.47 Å². The average molecular weight is 490 g/mol. The summed E-state index contributed by atoms with van der Waals surface area (Å²) in [6, 6.07) is 8.54. The standard InChI is InChI=1S/C14H9BrIN3O4/c15-10-5-9(13(20)12(16)6-10)7-17-18-14(21)8-1-3-11(4-2-8)19(22)23/h1-7,20H,(H,18,21)/b17-7+. The Morgan fingerprint density at radius 1 is 1.35 bits per heavy atom. The van der Waals surface area contributed by atoms with Gasteiger partial charge in [-0.1, -0.05) is 15.9 Å². The minimum Gasteiger partial charge on any atom is -0.506 e. The summed E-state index contributed by atoms with van der Waals surface area (Å²) in [5.41, 5.74) is 2.87. The molecule has 0 aliphatic heterocycles. The Morgan fingerprint density at radius 2 is 2.00 bits per heavy atom. The van der Waals surface area contributed by atoms with E-state index in [1.807, 2.05) is 22.6 Å². The highest BCUT2D eigenvalue weighted by atomic mass is 127. The number of rotatable bonds is 4. The van der Waals surface area contributed by atoms with Gasteiger partial charge >= 0.3 is 0 Å². The molecule has 0 bridgehead atoms. The van der Waals surface area contributed by atoms with Crippen LogP contribution in [0.5, 0.6) is 5.75 Å². The number of carbonyl (C=O) groups is 1. The van der Waals surface area contributed by atoms with E-state index >= 15 is 0 Å². The lowest BCUT2D eigenvalue weighted by atomic mass is 10.2. The van der Waals surface area contributed by atoms with Crippen molar-refractivity contribution in [3.8, 4) is 5.75 Å². The third kappa shape index (κ3) is 4.48. The number of hydrogen-bond acceptors (Lipinski definition) is 5. The fourth-order valence-corrected chi connectivity index (χ4v) is 3.19. The molecule has 2 N–H and O–H groups in total. The molecular formula is C14H9BrIN3O4. The third-order valence-corrected chi connectivity index (χ3v) is 4.05. The fraction of sp³-hybridized carbons (Fsp3) is 0. The largest absolute Gasteiger partial charge is 0.506 e. The van der Waals surface area contributed by atoms with Gasteiger partial charge in [-0.25, -0.2) is 5.43 Å². The van der Waals surface area contributed by atoms with Gasteiger partial charge < -0.3 is 5.11 Å². The Morgan fingerprint density at radius 3 is 2.61 bits per heavy atom. The number of non-ortho nitro benzene ring substituents is 1. The smallest absolute Gasteiger partial charge is 0.271 e. The summed E-state index contributed by atoms with van der Waals surface area (Å²) in [5, 5.41) is 24.2. The highest BCUT2D eigenvalue weighted by Gasteiger charge is 2.09. The van der Waals surface area contributed by atoms with Crippen molar-refractivity contribution in [2.24, 2.45) is 5.10 Å². The number of hydrogen-bond donors (Lipinski definition) is 2. The summed E-state index contributed by atoms with van der Waals surface area (Å²) < 4.78 is 1.41. The zero-order chi connectivity index (χ0) is 17.0. The molecule has 23 heavy (non-hydrogen) atoms. The third-order valence-electron chi connectivity index (χ3n) is 2.77. The summed E-state index contributed by atoms with van der Waals surface area (Å²) in [5.74, 6) is -0.456. The van der Waals surface area contributed by atoms with Crippen LogP contribution in [0, 0.1) is 13.7 Å². The van der Waals surface area contributed by atoms with E-state index in [4.69, 9.17) is 0 Å². The Labute approximate surface area is 152 Å². The number of hydrazone groups is 1. The lowest BCUT2D eigenvalue weighted by molar-refractivity contribution is -0.384. The van der Waals surface area contributed by atoms with Crippen LogP contribution in [-0.4, -0.2) is 22.2 Å². The van der Waals surface area contributed by atoms with E-state index in [2.05, 4.69) is 26.5 Å². The van der Waals surface area contributed by atoms with Gasteiger partial charge in [0, 0.05) is 27.7 Å². The van der Waals surface area contributed by atoms with Gasteiger partial charge in [0.25, 0.3) is 11.6 Å². The van der Waals surface area contributed by atoms with E-state index in [9.17, 15) is 20.0 Å². The van der Waals surface area contributed by atoms with Gasteiger partial charge in [0.2, 0.25) is 0 Å². The average Bonchev–Trinajstić information content (AvgIpc) is 2.51. The number of nitro groups is 1. The molecule has 0 saturated heterocycles. The topological polar surface area (TPSA) is 105 Å². The van der Waals surface area contributed by atoms with Crippen LogP contribution in [0.1, 0.15) is 15.9 Å². The zero-order valence-corrected chi connectivity index (χ0v) is 15.1. The highest BCUT2D eigenvalue weighted by molar-refractivity contribution is 14.1. The Balaban J connectivity index is 2.08. The first-order valence-electron chi connectivity index (χ1n) is 6.14. The molecule has 0 fully saturated rings. The van der Waals surface area contributed by atoms with Crippen molar-refractivity contribution in [1.29, 1.82) is 0 Å². The molecule has 0 aromatic heterocycles. The molecule has 1 amide bonds. The maximum atomic E-state index is 11.9. The summed E-state index contributed by atoms with van der Waals surface area (Å²) in [6.07, 6.45) is 1.31. The Kier molecular flexibility index (Phi) is 5.66. The van der Waals surface area contributed by atoms with Crippen molar-refractivity contribution in [3.05, 3.63) is 65.7 Å². The lowest BCUT2D eigenvalue weighted by Gasteiger charge is -2.03. The number of nitrogens with one attached hydrogen (secondary N) is 1. The number of halogens is 2. The number of nitro benzene ring substituents is 1. The fourth-order valence-electron chi connectivity index (χ4n) is 1.64. The maximum Gasteiger partial charge on any atom is 0.271 e. The second-order valence-electron chi connectivity index (χ2n) is 4.33. The summed E-state index contributed by atoms with van der Waals surface area (Å²) >= 11 is 5.28. The molecule has 118 valence electrons. The molecule has 0 saturated carbocycles. The molecule has 7 nitrogen and oxygen atoms in total. The molecule has 0 heterocycles. The first-order chi connectivity index (χ1) is 10.9. The van der Waals surface area contributed by atoms with Gasteiger partial charge in [0.1, 0.15) is 5.75 Å². The molecular weight excluding hydrogens is 481 g/mol. The summed E-state index contributed by atoms with van der Waals surface area (Å²) in [7, 11) is 0. The number of benzene rings is 2. The van der Waals surface area contributed by atoms with Gasteiger partial charge in [0.05, 0.1) is 14.7 Å². The molecule has 2 rings (SSSR count). The molecule has 2 aromatic rings. The highest BCUT2D eigenvalue weighted by Crippen LogP contribution is 2.27. The lowest BCUT2D eigenvalue weighted by Crippen LogP contribution is -2.17. The molecule has 0 unspecified atom stereocenters. The minimum atomic E-state index is -0.544. The van der Waals surface area contributed by atoms with Crippen molar-refractivity contribution >= 4 is 56.3 Å². The normalized spacial score (nSPS) is 10.7. The van der Waals surface area contributed by atoms with Crippen molar-refractivity contribution in [2.45, 2.75) is 0 Å². The van der Waals surface area contributed by atoms with Crippen LogP contribution in [-0.2, 0) is 0 Å². The molecule has 0 aliphatic carbocycles. The van der Waals surface area contributed by atoms with Crippen molar-refractivity contribution in [3.63, 3.8) is 0 Å². The van der Waals surface area contributed by atoms with E-state index in [0.29, 0.717) is 9.13 Å². The van der Waals surface area contributed by atoms with Crippen LogP contribution in [0.15, 0.2) is 46.0 Å². The van der Waals surface area contributed by atoms with Crippen LogP contribution in [0.25, 0.3) is 0 Å². The summed E-state index contributed by atoms with van der Waals surface area (Å²) in [6.45, 7) is 0. The zero-order valence-electron chi connectivity index (χ0n) is 11.4. The molecule has 0 aliphatic rings. The number of nitrogens with zero attached hydrogens (tertiary/aromatic N) is 2. The van der Waals surface area contributed by atoms with Gasteiger partial charge in [-0.3, -0.25) is 14.9 Å². The van der Waals surface area contributed by atoms with Crippen LogP contribution in [0.2, 0.25) is 0 Å². The minimum absolute atomic E-state index is 0.0575. The van der Waals surface area contributed by atoms with E-state index in [1.54, 1.807) is 12.1 Å². The summed E-state index contributed by atoms with van der Waals surface area (Å²) in [4.78, 5) is 21.9. The van der Waals surface area contributed by atoms with Crippen LogP contribution in [0.3, 0.4) is 0 Å². The van der Waals surface area contributed by atoms with Crippen molar-refractivity contribution in [2.75, 3.05) is 0 Å². The monoisotopic (exact) mass is 489 g/mol. The second-order valence-corrected chi connectivity index (χ2v) is 6.41. The molecule has 0 radical (unpaired) electrons. The van der Waals surface area contributed by atoms with E-state index in [-0.39, 0.29) is 17.0 Å². The van der Waals surface area contributed by atoms with Gasteiger partial charge in [-0.2, -0.15) is 5.10 Å². The quantitative estimate of drug-likeness (QED) is 0.297. The number of aromatic hydroxyl groups is 1. The van der Waals surface area contributed by atoms with Crippen molar-refractivity contribution in [1.82, 2.24) is 5.43 Å². The van der Waals surface area contributed by atoms with Crippen LogP contribution in [0.4, 0.5) is 5.69 Å². The van der Waals surface area contributed by atoms with Crippen LogP contribution >= 0.6 is 38.5 Å². The Bertz CT molecular complexity index is 793. The van der Waals surface area contributed by atoms with E-state index in [1.165, 1.54) is 30.5 Å². The number of carbonyl (C=O) groups excluding carboxylic acids is 1. The first kappa shape index (κ1) is 17.3. The number of phenolic OH excluding ortho intramolecular Hbond substituents is 1. The van der Waals surface area contributed by atoms with Crippen molar-refractivity contribution < 1.29 is 14.8 Å². The first-order valence-corrected chi connectivity index (χ1v) is 8.01. The van der Waals surface area contributed by atoms with Gasteiger partial charge in [-0.05, 0) is 46.9 Å². The molecule has 0 spiro atoms. The van der Waals surface area contributed by atoms with Gasteiger partial charge in [0.15, 0.2) is 0 Å². The van der Waals surface area contributed by atoms with E-state index < -0.39 is 10.8 Å². The number of amides is 1. The molecule has 2 aromatic carbocycles. The predicted octanol–water partition coefficient (Wildman–Crippen LogP) is 3.43. The Hall–Kier alpha value is -2.01. The van der Waals surface area contributed by atoms with Gasteiger partial charge in [-0.15, -0.1) is 0 Å². The molecule has 0 atom stereocenters. The number of phenols is 1. The van der Waals surface area contributed by atoms with Crippen LogP contribution < -0.4 is 5.43 Å². The predicted molar refractivity (Wildman–Crippen MR) is 96.7 cm³/mol. The second kappa shape index (κ2) is 7.51. The molecule has 9 heteroatoms. The SMILES string of the molecule is O=C(N/N=C/c1cc(Br)cc(I)c1O)c1ccc([N+](=O)[O-])cc1.